The number of nitrogens with one attached hydrogen (secondary N) is 3. The molecule has 4 rings (SSSR count). The third-order valence-electron chi connectivity index (χ3n) is 6.97. The number of methoxy groups -OCH3 is 1. The van der Waals surface area contributed by atoms with E-state index in [0.717, 1.165) is 75.1 Å². The zero-order valence-electron chi connectivity index (χ0n) is 24.0. The van der Waals surface area contributed by atoms with Gasteiger partial charge in [-0.15, -0.1) is 0 Å². The topological polar surface area (TPSA) is 74.3 Å². The van der Waals surface area contributed by atoms with E-state index in [0.29, 0.717) is 5.02 Å². The first kappa shape index (κ1) is 30.6. The molecule has 3 N–H and O–H groups in total. The Kier molecular flexibility index (Phi) is 12.6. The summed E-state index contributed by atoms with van der Waals surface area (Å²) < 4.78 is 5.52. The summed E-state index contributed by atoms with van der Waals surface area (Å²) in [6.45, 7) is 9.00. The van der Waals surface area contributed by atoms with E-state index in [2.05, 4.69) is 74.1 Å². The molecule has 2 aromatic heterocycles. The van der Waals surface area contributed by atoms with E-state index in [4.69, 9.17) is 16.3 Å². The van der Waals surface area contributed by atoms with Gasteiger partial charge in [-0.2, -0.15) is 0 Å². The molecule has 1 atom stereocenters. The van der Waals surface area contributed by atoms with Crippen LogP contribution in [-0.4, -0.2) is 48.2 Å². The van der Waals surface area contributed by atoms with Crippen LogP contribution in [0.15, 0.2) is 91.3 Å². The Hall–Kier alpha value is -3.33. The number of pyridine rings is 2. The molecule has 0 aliphatic carbocycles. The normalized spacial score (nSPS) is 12.0. The van der Waals surface area contributed by atoms with Gasteiger partial charge in [-0.1, -0.05) is 48.0 Å². The van der Waals surface area contributed by atoms with Crippen LogP contribution in [0.2, 0.25) is 5.02 Å². The Labute approximate surface area is 249 Å². The van der Waals surface area contributed by atoms with Crippen LogP contribution in [0.5, 0.6) is 5.75 Å². The zero-order valence-corrected chi connectivity index (χ0v) is 24.8. The van der Waals surface area contributed by atoms with Crippen molar-refractivity contribution in [3.63, 3.8) is 0 Å². The van der Waals surface area contributed by atoms with E-state index >= 15 is 0 Å². The van der Waals surface area contributed by atoms with Crippen molar-refractivity contribution < 1.29 is 4.74 Å². The standard InChI is InChI=1S/C33H41ClN6O/c1-26(32-21-29(34)13-14-33(32)41-2)39-22-27-9-11-28(12-10-27)25-40(19-17-35-23-30-7-3-5-15-37-30)20-18-36-24-31-8-4-6-16-38-31/h3-16,21,26,35-36,39H,17-20,22-25H2,1-2H3. The van der Waals surface area contributed by atoms with Crippen molar-refractivity contribution in [2.75, 3.05) is 33.3 Å². The average molecular weight is 573 g/mol. The molecule has 0 saturated heterocycles. The fourth-order valence-corrected chi connectivity index (χ4v) is 4.81. The highest BCUT2D eigenvalue weighted by atomic mass is 35.5. The number of aromatic nitrogens is 2. The lowest BCUT2D eigenvalue weighted by Crippen LogP contribution is -2.36. The van der Waals surface area contributed by atoms with Gasteiger partial charge in [-0.3, -0.25) is 14.9 Å². The molecule has 0 bridgehead atoms. The minimum atomic E-state index is 0.107. The lowest BCUT2D eigenvalue weighted by Gasteiger charge is -2.23. The minimum absolute atomic E-state index is 0.107. The first-order valence-corrected chi connectivity index (χ1v) is 14.6. The molecule has 0 saturated carbocycles. The van der Waals surface area contributed by atoms with E-state index in [1.807, 2.05) is 54.9 Å². The average Bonchev–Trinajstić information content (AvgIpc) is 3.01. The molecular weight excluding hydrogens is 532 g/mol. The minimum Gasteiger partial charge on any atom is -0.496 e. The van der Waals surface area contributed by atoms with Gasteiger partial charge in [-0.25, -0.2) is 0 Å². The molecule has 1 unspecified atom stereocenters. The first-order chi connectivity index (χ1) is 20.1. The smallest absolute Gasteiger partial charge is 0.123 e. The van der Waals surface area contributed by atoms with Crippen LogP contribution in [0.25, 0.3) is 0 Å². The van der Waals surface area contributed by atoms with Crippen LogP contribution in [0.1, 0.15) is 41.0 Å². The predicted octanol–water partition coefficient (Wildman–Crippen LogP) is 5.37. The fourth-order valence-electron chi connectivity index (χ4n) is 4.63. The molecule has 0 amide bonds. The van der Waals surface area contributed by atoms with Crippen molar-refractivity contribution >= 4 is 11.6 Å². The summed E-state index contributed by atoms with van der Waals surface area (Å²) >= 11 is 6.23. The number of benzene rings is 2. The predicted molar refractivity (Wildman–Crippen MR) is 167 cm³/mol. The highest BCUT2D eigenvalue weighted by molar-refractivity contribution is 6.30. The summed E-state index contributed by atoms with van der Waals surface area (Å²) in [5.41, 5.74) is 5.71. The molecule has 2 heterocycles. The van der Waals surface area contributed by atoms with Crippen LogP contribution >= 0.6 is 11.6 Å². The fraction of sp³-hybridized carbons (Fsp3) is 0.333. The van der Waals surface area contributed by atoms with Gasteiger partial charge in [0.15, 0.2) is 0 Å². The summed E-state index contributed by atoms with van der Waals surface area (Å²) in [4.78, 5) is 11.3. The van der Waals surface area contributed by atoms with E-state index in [-0.39, 0.29) is 6.04 Å². The van der Waals surface area contributed by atoms with Gasteiger partial charge >= 0.3 is 0 Å². The largest absolute Gasteiger partial charge is 0.496 e. The lowest BCUT2D eigenvalue weighted by atomic mass is 10.1. The lowest BCUT2D eigenvalue weighted by molar-refractivity contribution is 0.263. The highest BCUT2D eigenvalue weighted by Crippen LogP contribution is 2.28. The van der Waals surface area contributed by atoms with E-state index in [1.165, 1.54) is 11.1 Å². The van der Waals surface area contributed by atoms with Crippen LogP contribution < -0.4 is 20.7 Å². The van der Waals surface area contributed by atoms with Crippen molar-refractivity contribution in [3.05, 3.63) is 124 Å². The van der Waals surface area contributed by atoms with Crippen molar-refractivity contribution in [1.29, 1.82) is 0 Å². The summed E-state index contributed by atoms with van der Waals surface area (Å²) in [5, 5.41) is 11.4. The Morgan fingerprint density at radius 3 is 1.95 bits per heavy atom. The molecule has 7 nitrogen and oxygen atoms in total. The number of nitrogens with zero attached hydrogens (tertiary/aromatic N) is 3. The van der Waals surface area contributed by atoms with Gasteiger partial charge in [0, 0.05) is 81.4 Å². The Bertz CT molecular complexity index is 1240. The van der Waals surface area contributed by atoms with E-state index in [1.54, 1.807) is 7.11 Å². The van der Waals surface area contributed by atoms with Crippen molar-refractivity contribution in [1.82, 2.24) is 30.8 Å². The highest BCUT2D eigenvalue weighted by Gasteiger charge is 2.12. The quantitative estimate of drug-likeness (QED) is 0.147. The summed E-state index contributed by atoms with van der Waals surface area (Å²) in [6.07, 6.45) is 3.68. The third kappa shape index (κ3) is 10.5. The number of hydrogen-bond donors (Lipinski definition) is 3. The monoisotopic (exact) mass is 572 g/mol. The van der Waals surface area contributed by atoms with Crippen molar-refractivity contribution in [2.24, 2.45) is 0 Å². The maximum atomic E-state index is 6.23. The molecular formula is C33H41ClN6O. The van der Waals surface area contributed by atoms with E-state index in [9.17, 15) is 0 Å². The molecule has 4 aromatic rings. The second kappa shape index (κ2) is 16.8. The van der Waals surface area contributed by atoms with Crippen LogP contribution in [0.4, 0.5) is 0 Å². The van der Waals surface area contributed by atoms with E-state index < -0.39 is 0 Å². The molecule has 41 heavy (non-hydrogen) atoms. The molecule has 0 spiro atoms. The van der Waals surface area contributed by atoms with Crippen LogP contribution in [0.3, 0.4) is 0 Å². The number of hydrogen-bond acceptors (Lipinski definition) is 7. The van der Waals surface area contributed by atoms with Gasteiger partial charge in [0.1, 0.15) is 5.75 Å². The Balaban J connectivity index is 1.28. The van der Waals surface area contributed by atoms with Gasteiger partial charge < -0.3 is 20.7 Å². The second-order valence-electron chi connectivity index (χ2n) is 10.1. The third-order valence-corrected chi connectivity index (χ3v) is 7.21. The molecule has 8 heteroatoms. The van der Waals surface area contributed by atoms with Crippen molar-refractivity contribution in [3.8, 4) is 5.75 Å². The summed E-state index contributed by atoms with van der Waals surface area (Å²) in [7, 11) is 1.69. The van der Waals surface area contributed by atoms with Gasteiger partial charge in [0.2, 0.25) is 0 Å². The van der Waals surface area contributed by atoms with Crippen LogP contribution in [0, 0.1) is 0 Å². The first-order valence-electron chi connectivity index (χ1n) is 14.2. The number of rotatable bonds is 17. The van der Waals surface area contributed by atoms with Gasteiger partial charge in [0.25, 0.3) is 0 Å². The molecule has 0 radical (unpaired) electrons. The molecule has 216 valence electrons. The maximum Gasteiger partial charge on any atom is 0.123 e. The SMILES string of the molecule is COc1ccc(Cl)cc1C(C)NCc1ccc(CN(CCNCc2ccccn2)CCNCc2ccccn2)cc1. The molecule has 0 aliphatic heterocycles. The Morgan fingerprint density at radius 2 is 1.39 bits per heavy atom. The Morgan fingerprint density at radius 1 is 0.780 bits per heavy atom. The molecule has 2 aromatic carbocycles. The van der Waals surface area contributed by atoms with Gasteiger partial charge in [0.05, 0.1) is 18.5 Å². The molecule has 0 aliphatic rings. The van der Waals surface area contributed by atoms with Crippen LogP contribution in [-0.2, 0) is 26.2 Å². The molecule has 0 fully saturated rings. The summed E-state index contributed by atoms with van der Waals surface area (Å²) in [6, 6.07) is 26.8. The summed E-state index contributed by atoms with van der Waals surface area (Å²) in [5.74, 6) is 0.842. The number of halogens is 1. The van der Waals surface area contributed by atoms with Gasteiger partial charge in [-0.05, 0) is 60.5 Å². The van der Waals surface area contributed by atoms with Crippen molar-refractivity contribution in [2.45, 2.75) is 39.1 Å². The second-order valence-corrected chi connectivity index (χ2v) is 10.5. The number of ether oxygens (including phenoxy) is 1. The zero-order chi connectivity index (χ0) is 28.7. The maximum absolute atomic E-state index is 6.23.